The zero-order valence-electron chi connectivity index (χ0n) is 22.6. The molecule has 200 valence electrons. The van der Waals surface area contributed by atoms with E-state index in [1.807, 2.05) is 26.8 Å². The molecule has 0 atom stereocenters. The van der Waals surface area contributed by atoms with Gasteiger partial charge in [0.25, 0.3) is 5.91 Å². The third-order valence-corrected chi connectivity index (χ3v) is 6.10. The smallest absolute Gasteiger partial charge is 0.251 e. The van der Waals surface area contributed by atoms with E-state index in [4.69, 9.17) is 0 Å². The average molecular weight is 510 g/mol. The van der Waals surface area contributed by atoms with E-state index in [9.17, 15) is 14.0 Å². The van der Waals surface area contributed by atoms with Crippen LogP contribution >= 0.6 is 0 Å². The maximum atomic E-state index is 13.8. The summed E-state index contributed by atoms with van der Waals surface area (Å²) in [6.45, 7) is 7.93. The maximum Gasteiger partial charge on any atom is 0.251 e. The van der Waals surface area contributed by atoms with Crippen molar-refractivity contribution in [1.29, 1.82) is 0 Å². The molecule has 0 aliphatic heterocycles. The van der Waals surface area contributed by atoms with Gasteiger partial charge in [0.1, 0.15) is 0 Å². The largest absolute Gasteiger partial charge is 0.353 e. The number of pyridine rings is 1. The van der Waals surface area contributed by atoms with Crippen LogP contribution < -0.4 is 16.0 Å². The second-order valence-electron chi connectivity index (χ2n) is 9.76. The lowest BCUT2D eigenvalue weighted by Crippen LogP contribution is -2.49. The first-order chi connectivity index (χ1) is 17.7. The molecule has 0 spiro atoms. The molecule has 1 aliphatic carbocycles. The first-order valence-corrected chi connectivity index (χ1v) is 12.8. The monoisotopic (exact) mass is 509 g/mol. The average Bonchev–Trinajstić information content (AvgIpc) is 3.35. The fourth-order valence-corrected chi connectivity index (χ4v) is 4.06. The molecule has 37 heavy (non-hydrogen) atoms. The molecule has 1 aliphatic rings. The Hall–Kier alpha value is -3.55. The molecule has 1 saturated carbocycles. The van der Waals surface area contributed by atoms with E-state index >= 15 is 0 Å². The number of halogens is 1. The molecule has 0 radical (unpaired) electrons. The van der Waals surface area contributed by atoms with E-state index in [2.05, 4.69) is 32.9 Å². The van der Waals surface area contributed by atoms with Gasteiger partial charge in [0, 0.05) is 30.7 Å². The SMILES string of the molecule is CC/C=C(\C=NC)C(C)(C)NC(=O)CNC(=O)c1cccc(Nc2ccncc2F)c1.CC1CCCC1. The van der Waals surface area contributed by atoms with Gasteiger partial charge < -0.3 is 16.0 Å². The Bertz CT molecular complexity index is 1090. The van der Waals surface area contributed by atoms with Gasteiger partial charge in [0.2, 0.25) is 5.91 Å². The van der Waals surface area contributed by atoms with Crippen molar-refractivity contribution in [2.24, 2.45) is 10.9 Å². The van der Waals surface area contributed by atoms with Gasteiger partial charge in [-0.25, -0.2) is 4.39 Å². The topological polar surface area (TPSA) is 95.5 Å². The Morgan fingerprint density at radius 2 is 1.95 bits per heavy atom. The van der Waals surface area contributed by atoms with Gasteiger partial charge in [-0.3, -0.25) is 19.6 Å². The molecule has 1 fully saturated rings. The zero-order chi connectivity index (χ0) is 27.3. The number of benzene rings is 1. The first-order valence-electron chi connectivity index (χ1n) is 12.8. The molecule has 0 unspecified atom stereocenters. The summed E-state index contributed by atoms with van der Waals surface area (Å²) >= 11 is 0. The highest BCUT2D eigenvalue weighted by Gasteiger charge is 2.24. The van der Waals surface area contributed by atoms with E-state index in [-0.39, 0.29) is 18.1 Å². The van der Waals surface area contributed by atoms with E-state index in [0.29, 0.717) is 11.3 Å². The number of aromatic nitrogens is 1. The van der Waals surface area contributed by atoms with Crippen molar-refractivity contribution < 1.29 is 14.0 Å². The van der Waals surface area contributed by atoms with Crippen molar-refractivity contribution in [2.75, 3.05) is 18.9 Å². The van der Waals surface area contributed by atoms with Gasteiger partial charge in [-0.2, -0.15) is 0 Å². The number of allylic oxidation sites excluding steroid dienone is 1. The number of aliphatic imine (C=N–C) groups is 1. The first kappa shape index (κ1) is 29.7. The van der Waals surface area contributed by atoms with Gasteiger partial charge in [-0.05, 0) is 56.0 Å². The Morgan fingerprint density at radius 1 is 1.22 bits per heavy atom. The molecule has 3 rings (SSSR count). The summed E-state index contributed by atoms with van der Waals surface area (Å²) in [5, 5.41) is 8.43. The lowest BCUT2D eigenvalue weighted by atomic mass is 9.93. The van der Waals surface area contributed by atoms with Crippen LogP contribution in [-0.2, 0) is 4.79 Å². The third kappa shape index (κ3) is 10.1. The normalized spacial score (nSPS) is 14.2. The summed E-state index contributed by atoms with van der Waals surface area (Å²) in [5.41, 5.74) is 1.39. The Morgan fingerprint density at radius 3 is 2.54 bits per heavy atom. The molecule has 2 aromatic rings. The molecular weight excluding hydrogens is 469 g/mol. The number of amides is 2. The predicted molar refractivity (Wildman–Crippen MR) is 149 cm³/mol. The van der Waals surface area contributed by atoms with Crippen LogP contribution in [0.2, 0.25) is 0 Å². The lowest BCUT2D eigenvalue weighted by Gasteiger charge is -2.27. The molecule has 1 aromatic heterocycles. The van der Waals surface area contributed by atoms with Gasteiger partial charge in [-0.15, -0.1) is 0 Å². The summed E-state index contributed by atoms with van der Waals surface area (Å²) in [6.07, 6.45) is 13.0. The van der Waals surface area contributed by atoms with Crippen LogP contribution in [0.15, 0.2) is 59.4 Å². The second kappa shape index (κ2) is 14.9. The maximum absolute atomic E-state index is 13.8. The molecule has 1 aromatic carbocycles. The fraction of sp³-hybridized carbons (Fsp3) is 0.448. The van der Waals surface area contributed by atoms with Crippen molar-refractivity contribution in [1.82, 2.24) is 15.6 Å². The number of carbonyl (C=O) groups excluding carboxylic acids is 2. The minimum absolute atomic E-state index is 0.179. The number of carbonyl (C=O) groups is 2. The minimum atomic E-state index is -0.629. The lowest BCUT2D eigenvalue weighted by molar-refractivity contribution is -0.121. The number of hydrogen-bond donors (Lipinski definition) is 3. The molecule has 0 bridgehead atoms. The van der Waals surface area contributed by atoms with Crippen molar-refractivity contribution in [2.45, 2.75) is 65.3 Å². The molecular formula is C29H40FN5O2. The van der Waals surface area contributed by atoms with E-state index < -0.39 is 17.3 Å². The molecule has 0 saturated heterocycles. The van der Waals surface area contributed by atoms with Crippen molar-refractivity contribution >= 4 is 29.4 Å². The van der Waals surface area contributed by atoms with Gasteiger partial charge in [0.15, 0.2) is 5.82 Å². The molecule has 3 N–H and O–H groups in total. The standard InChI is InChI=1S/C23H28FN5O2.C6H12/c1-5-7-17(13-25-4)23(2,3)29-21(30)15-27-22(31)16-8-6-9-18(12-16)28-20-10-11-26-14-19(20)24;1-6-4-2-3-5-6/h6-14H,5,15H2,1-4H3,(H,26,28)(H,27,31)(H,29,30);6H,2-5H2,1H3/b17-7+,25-13?;. The highest BCUT2D eigenvalue weighted by atomic mass is 19.1. The van der Waals surface area contributed by atoms with Gasteiger partial charge in [0.05, 0.1) is 24.0 Å². The van der Waals surface area contributed by atoms with Crippen LogP contribution in [0.3, 0.4) is 0 Å². The van der Waals surface area contributed by atoms with Crippen molar-refractivity contribution in [3.05, 3.63) is 65.8 Å². The minimum Gasteiger partial charge on any atom is -0.353 e. The number of hydrogen-bond acceptors (Lipinski definition) is 5. The van der Waals surface area contributed by atoms with E-state index in [0.717, 1.165) is 24.1 Å². The molecule has 2 amide bonds. The van der Waals surface area contributed by atoms with Crippen LogP contribution in [0, 0.1) is 11.7 Å². The Labute approximate surface area is 220 Å². The van der Waals surface area contributed by atoms with Crippen LogP contribution in [-0.4, -0.2) is 42.1 Å². The summed E-state index contributed by atoms with van der Waals surface area (Å²) in [5.74, 6) is -0.185. The molecule has 1 heterocycles. The van der Waals surface area contributed by atoms with Crippen LogP contribution in [0.1, 0.15) is 70.2 Å². The number of rotatable bonds is 9. The predicted octanol–water partition coefficient (Wildman–Crippen LogP) is 5.82. The third-order valence-electron chi connectivity index (χ3n) is 6.10. The highest BCUT2D eigenvalue weighted by Crippen LogP contribution is 2.23. The summed E-state index contributed by atoms with van der Waals surface area (Å²) in [6, 6.07) is 8.08. The highest BCUT2D eigenvalue weighted by molar-refractivity contribution is 5.97. The van der Waals surface area contributed by atoms with Crippen molar-refractivity contribution in [3.63, 3.8) is 0 Å². The summed E-state index contributed by atoms with van der Waals surface area (Å²) in [7, 11) is 1.67. The summed E-state index contributed by atoms with van der Waals surface area (Å²) in [4.78, 5) is 32.6. The number of nitrogens with zero attached hydrogens (tertiary/aromatic N) is 2. The van der Waals surface area contributed by atoms with E-state index in [1.54, 1.807) is 37.5 Å². The molecule has 7 nitrogen and oxygen atoms in total. The second-order valence-corrected chi connectivity index (χ2v) is 9.76. The quantitative estimate of drug-likeness (QED) is 0.371. The van der Waals surface area contributed by atoms with Gasteiger partial charge >= 0.3 is 0 Å². The zero-order valence-corrected chi connectivity index (χ0v) is 22.6. The van der Waals surface area contributed by atoms with Crippen molar-refractivity contribution in [3.8, 4) is 0 Å². The number of nitrogens with one attached hydrogen (secondary N) is 3. The van der Waals surface area contributed by atoms with Gasteiger partial charge in [-0.1, -0.05) is 51.7 Å². The Kier molecular flexibility index (Phi) is 11.9. The van der Waals surface area contributed by atoms with Crippen LogP contribution in [0.5, 0.6) is 0 Å². The van der Waals surface area contributed by atoms with Crippen LogP contribution in [0.25, 0.3) is 0 Å². The Balaban J connectivity index is 0.000000700. The number of anilines is 2. The van der Waals surface area contributed by atoms with E-state index in [1.165, 1.54) is 37.9 Å². The fourth-order valence-electron chi connectivity index (χ4n) is 4.06. The molecule has 8 heteroatoms. The summed E-state index contributed by atoms with van der Waals surface area (Å²) < 4.78 is 13.8. The van der Waals surface area contributed by atoms with Crippen LogP contribution in [0.4, 0.5) is 15.8 Å².